The Hall–Kier alpha value is -2.41. The fraction of sp³-hybridized carbons (Fsp3) is 0.375. The predicted molar refractivity (Wildman–Crippen MR) is 87.3 cm³/mol. The molecule has 24 heavy (non-hydrogen) atoms. The summed E-state index contributed by atoms with van der Waals surface area (Å²) in [5, 5.41) is 0.303. The van der Waals surface area contributed by atoms with Gasteiger partial charge >= 0.3 is 5.97 Å². The van der Waals surface area contributed by atoms with Gasteiger partial charge in [-0.05, 0) is 26.8 Å². The molecule has 2 aromatic heterocycles. The van der Waals surface area contributed by atoms with Gasteiger partial charge in [-0.2, -0.15) is 0 Å². The molecule has 0 fully saturated rings. The van der Waals surface area contributed by atoms with Crippen LogP contribution in [0.15, 0.2) is 18.6 Å². The number of nitrogens with zero attached hydrogens (tertiary/aromatic N) is 4. The van der Waals surface area contributed by atoms with E-state index in [4.69, 9.17) is 16.3 Å². The van der Waals surface area contributed by atoms with Gasteiger partial charge in [0.05, 0.1) is 17.3 Å². The summed E-state index contributed by atoms with van der Waals surface area (Å²) in [6, 6.07) is 1.56. The van der Waals surface area contributed by atoms with E-state index in [0.29, 0.717) is 16.5 Å². The number of carbonyl (C=O) groups is 2. The van der Waals surface area contributed by atoms with Crippen LogP contribution in [0, 0.1) is 0 Å². The molecule has 0 aliphatic carbocycles. The Labute approximate surface area is 144 Å². The molecular formula is C16H17ClN4O3. The largest absolute Gasteiger partial charge is 0.455 e. The molecule has 0 N–H and O–H groups in total. The summed E-state index contributed by atoms with van der Waals surface area (Å²) in [7, 11) is 1.64. The van der Waals surface area contributed by atoms with Crippen LogP contribution >= 0.6 is 11.6 Å². The van der Waals surface area contributed by atoms with Gasteiger partial charge in [0.2, 0.25) is 0 Å². The molecule has 8 heteroatoms. The van der Waals surface area contributed by atoms with E-state index in [0.717, 1.165) is 0 Å². The first-order chi connectivity index (χ1) is 11.2. The van der Waals surface area contributed by atoms with Crippen molar-refractivity contribution in [3.8, 4) is 5.82 Å². The van der Waals surface area contributed by atoms with Crippen LogP contribution in [-0.2, 0) is 11.3 Å². The molecule has 0 bridgehead atoms. The summed E-state index contributed by atoms with van der Waals surface area (Å²) in [4.78, 5) is 34.9. The minimum atomic E-state index is -0.639. The monoisotopic (exact) mass is 348 g/mol. The van der Waals surface area contributed by atoms with Gasteiger partial charge in [0.1, 0.15) is 17.5 Å². The molecule has 2 aromatic rings. The van der Waals surface area contributed by atoms with Crippen molar-refractivity contribution in [1.82, 2.24) is 19.4 Å². The van der Waals surface area contributed by atoms with Crippen LogP contribution in [0.5, 0.6) is 0 Å². The summed E-state index contributed by atoms with van der Waals surface area (Å²) < 4.78 is 7.01. The highest BCUT2D eigenvalue weighted by Gasteiger charge is 2.32. The Morgan fingerprint density at radius 1 is 1.33 bits per heavy atom. The predicted octanol–water partition coefficient (Wildman–Crippen LogP) is 2.46. The molecule has 3 rings (SSSR count). The lowest BCUT2D eigenvalue weighted by Crippen LogP contribution is -2.28. The maximum Gasteiger partial charge on any atom is 0.359 e. The van der Waals surface area contributed by atoms with Crippen LogP contribution in [0.3, 0.4) is 0 Å². The van der Waals surface area contributed by atoms with Gasteiger partial charge < -0.3 is 9.64 Å². The third kappa shape index (κ3) is 2.75. The molecule has 0 atom stereocenters. The number of amides is 1. The van der Waals surface area contributed by atoms with Crippen molar-refractivity contribution in [2.75, 3.05) is 7.05 Å². The van der Waals surface area contributed by atoms with E-state index in [9.17, 15) is 9.59 Å². The van der Waals surface area contributed by atoms with Crippen LogP contribution in [0.25, 0.3) is 5.82 Å². The minimum Gasteiger partial charge on any atom is -0.455 e. The molecule has 0 spiro atoms. The van der Waals surface area contributed by atoms with Crippen LogP contribution in [0.4, 0.5) is 0 Å². The summed E-state index contributed by atoms with van der Waals surface area (Å²) in [5.74, 6) is -0.446. The third-order valence-electron chi connectivity index (χ3n) is 3.51. The Morgan fingerprint density at radius 2 is 2.04 bits per heavy atom. The van der Waals surface area contributed by atoms with Crippen molar-refractivity contribution in [3.63, 3.8) is 0 Å². The molecule has 0 radical (unpaired) electrons. The Kier molecular flexibility index (Phi) is 3.83. The maximum absolute atomic E-state index is 12.6. The SMILES string of the molecule is CN1Cc2c(C(=O)OC(C)(C)C)ncn2-c2nccc(Cl)c2C1=O. The van der Waals surface area contributed by atoms with Crippen LogP contribution in [-0.4, -0.2) is 44.0 Å². The second kappa shape index (κ2) is 5.59. The van der Waals surface area contributed by atoms with E-state index < -0.39 is 11.6 Å². The fourth-order valence-electron chi connectivity index (χ4n) is 2.50. The zero-order valence-electron chi connectivity index (χ0n) is 13.8. The number of esters is 1. The van der Waals surface area contributed by atoms with Gasteiger partial charge in [-0.3, -0.25) is 9.36 Å². The van der Waals surface area contributed by atoms with E-state index in [-0.39, 0.29) is 23.7 Å². The second-order valence-electron chi connectivity index (χ2n) is 6.56. The first-order valence-corrected chi connectivity index (χ1v) is 7.77. The minimum absolute atomic E-state index is 0.166. The zero-order chi connectivity index (χ0) is 17.6. The highest BCUT2D eigenvalue weighted by Crippen LogP contribution is 2.29. The number of halogens is 1. The highest BCUT2D eigenvalue weighted by atomic mass is 35.5. The van der Waals surface area contributed by atoms with Gasteiger partial charge in [0, 0.05) is 13.2 Å². The normalized spacial score (nSPS) is 14.0. The van der Waals surface area contributed by atoms with Crippen molar-refractivity contribution in [3.05, 3.63) is 40.6 Å². The Morgan fingerprint density at radius 3 is 2.71 bits per heavy atom. The number of hydrogen-bond donors (Lipinski definition) is 0. The summed E-state index contributed by atoms with van der Waals surface area (Å²) >= 11 is 6.18. The first-order valence-electron chi connectivity index (χ1n) is 7.39. The van der Waals surface area contributed by atoms with E-state index in [2.05, 4.69) is 9.97 Å². The van der Waals surface area contributed by atoms with Crippen molar-refractivity contribution in [2.24, 2.45) is 0 Å². The molecule has 1 aliphatic rings. The number of carbonyl (C=O) groups excluding carboxylic acids is 2. The van der Waals surface area contributed by atoms with Crippen LogP contribution < -0.4 is 0 Å². The molecule has 0 saturated heterocycles. The van der Waals surface area contributed by atoms with E-state index in [1.165, 1.54) is 17.4 Å². The van der Waals surface area contributed by atoms with Crippen LogP contribution in [0.1, 0.15) is 47.3 Å². The summed E-state index contributed by atoms with van der Waals surface area (Å²) in [6.07, 6.45) is 2.97. The number of imidazole rings is 1. The smallest absolute Gasteiger partial charge is 0.359 e. The molecule has 3 heterocycles. The van der Waals surface area contributed by atoms with Gasteiger partial charge in [0.15, 0.2) is 11.5 Å². The molecule has 0 unspecified atom stereocenters. The van der Waals surface area contributed by atoms with Crippen molar-refractivity contribution in [1.29, 1.82) is 0 Å². The summed E-state index contributed by atoms with van der Waals surface area (Å²) in [5.41, 5.74) is 0.348. The number of aromatic nitrogens is 3. The number of pyridine rings is 1. The average Bonchev–Trinajstić information content (AvgIpc) is 2.83. The van der Waals surface area contributed by atoms with E-state index in [1.807, 2.05) is 0 Å². The molecular weight excluding hydrogens is 332 g/mol. The third-order valence-corrected chi connectivity index (χ3v) is 3.83. The first kappa shape index (κ1) is 16.4. The average molecular weight is 349 g/mol. The second-order valence-corrected chi connectivity index (χ2v) is 6.97. The molecule has 0 saturated carbocycles. The van der Waals surface area contributed by atoms with E-state index >= 15 is 0 Å². The van der Waals surface area contributed by atoms with Gasteiger partial charge in [-0.15, -0.1) is 0 Å². The lowest BCUT2D eigenvalue weighted by molar-refractivity contribution is 0.00608. The number of rotatable bonds is 1. The van der Waals surface area contributed by atoms with E-state index in [1.54, 1.807) is 38.5 Å². The molecule has 0 aromatic carbocycles. The fourth-order valence-corrected chi connectivity index (χ4v) is 2.72. The summed E-state index contributed by atoms with van der Waals surface area (Å²) in [6.45, 7) is 5.55. The van der Waals surface area contributed by atoms with Crippen LogP contribution in [0.2, 0.25) is 5.02 Å². The molecule has 126 valence electrons. The maximum atomic E-state index is 12.6. The Bertz CT molecular complexity index is 838. The van der Waals surface area contributed by atoms with Gasteiger partial charge in [-0.25, -0.2) is 14.8 Å². The Balaban J connectivity index is 2.16. The van der Waals surface area contributed by atoms with Gasteiger partial charge in [0.25, 0.3) is 5.91 Å². The van der Waals surface area contributed by atoms with Crippen molar-refractivity contribution < 1.29 is 14.3 Å². The van der Waals surface area contributed by atoms with Gasteiger partial charge in [-0.1, -0.05) is 11.6 Å². The van der Waals surface area contributed by atoms with Crippen molar-refractivity contribution >= 4 is 23.5 Å². The number of hydrogen-bond acceptors (Lipinski definition) is 5. The van der Waals surface area contributed by atoms with Crippen molar-refractivity contribution in [2.45, 2.75) is 32.9 Å². The number of fused-ring (bicyclic) bond motifs is 3. The molecule has 1 aliphatic heterocycles. The highest BCUT2D eigenvalue weighted by molar-refractivity contribution is 6.34. The number of ether oxygens (including phenoxy) is 1. The lowest BCUT2D eigenvalue weighted by atomic mass is 10.2. The zero-order valence-corrected chi connectivity index (χ0v) is 14.6. The quantitative estimate of drug-likeness (QED) is 0.740. The molecule has 7 nitrogen and oxygen atoms in total. The molecule has 1 amide bonds. The lowest BCUT2D eigenvalue weighted by Gasteiger charge is -2.19. The standard InChI is InChI=1S/C16H17ClN4O3/c1-16(2,3)24-15(23)12-10-7-20(4)14(22)11-9(17)5-6-18-13(11)21(10)8-19-12/h5-6,8H,7H2,1-4H3. The topological polar surface area (TPSA) is 77.3 Å².